The summed E-state index contributed by atoms with van der Waals surface area (Å²) in [5, 5.41) is 4.68. The third kappa shape index (κ3) is 4.01. The summed E-state index contributed by atoms with van der Waals surface area (Å²) in [4.78, 5) is 2.44. The SMILES string of the molecule is CNC1CCN(Cc2cccc(Cl)c2Cl)CC1.Cl. The smallest absolute Gasteiger partial charge is 0.0637 e. The van der Waals surface area contributed by atoms with Gasteiger partial charge in [0.05, 0.1) is 10.0 Å². The van der Waals surface area contributed by atoms with Gasteiger partial charge in [0.15, 0.2) is 0 Å². The normalized spacial score (nSPS) is 17.5. The molecule has 102 valence electrons. The van der Waals surface area contributed by atoms with Crippen LogP contribution in [0.1, 0.15) is 18.4 Å². The molecule has 1 aliphatic heterocycles. The van der Waals surface area contributed by atoms with Crippen molar-refractivity contribution in [3.8, 4) is 0 Å². The highest BCUT2D eigenvalue weighted by Gasteiger charge is 2.18. The van der Waals surface area contributed by atoms with Crippen molar-refractivity contribution in [3.63, 3.8) is 0 Å². The van der Waals surface area contributed by atoms with E-state index in [0.717, 1.165) is 25.2 Å². The highest BCUT2D eigenvalue weighted by Crippen LogP contribution is 2.27. The lowest BCUT2D eigenvalue weighted by Gasteiger charge is -2.31. The van der Waals surface area contributed by atoms with Gasteiger partial charge in [0, 0.05) is 12.6 Å². The van der Waals surface area contributed by atoms with Crippen molar-refractivity contribution in [2.75, 3.05) is 20.1 Å². The molecule has 0 atom stereocenters. The average Bonchev–Trinajstić information content (AvgIpc) is 2.36. The molecule has 0 aromatic heterocycles. The Morgan fingerprint density at radius 2 is 1.94 bits per heavy atom. The second-order valence-corrected chi connectivity index (χ2v) is 5.34. The second kappa shape index (κ2) is 7.56. The fourth-order valence-electron chi connectivity index (χ4n) is 2.29. The third-order valence-corrected chi connectivity index (χ3v) is 4.28. The zero-order valence-electron chi connectivity index (χ0n) is 10.5. The Hall–Kier alpha value is 0.01000. The van der Waals surface area contributed by atoms with E-state index in [2.05, 4.69) is 16.3 Å². The van der Waals surface area contributed by atoms with Crippen LogP contribution in [0, 0.1) is 0 Å². The zero-order valence-corrected chi connectivity index (χ0v) is 12.8. The number of halogens is 3. The summed E-state index contributed by atoms with van der Waals surface area (Å²) in [6, 6.07) is 6.52. The Morgan fingerprint density at radius 3 is 2.56 bits per heavy atom. The van der Waals surface area contributed by atoms with Gasteiger partial charge in [-0.05, 0) is 44.6 Å². The Bertz CT molecular complexity index is 376. The van der Waals surface area contributed by atoms with E-state index in [0.29, 0.717) is 16.1 Å². The van der Waals surface area contributed by atoms with Crippen LogP contribution in [-0.2, 0) is 6.54 Å². The highest BCUT2D eigenvalue weighted by atomic mass is 35.5. The van der Waals surface area contributed by atoms with Crippen molar-refractivity contribution in [3.05, 3.63) is 33.8 Å². The molecule has 5 heteroatoms. The number of nitrogens with zero attached hydrogens (tertiary/aromatic N) is 1. The molecule has 0 saturated carbocycles. The van der Waals surface area contributed by atoms with Crippen molar-refractivity contribution in [2.24, 2.45) is 0 Å². The molecule has 1 aromatic carbocycles. The van der Waals surface area contributed by atoms with Gasteiger partial charge in [-0.25, -0.2) is 0 Å². The summed E-state index contributed by atoms with van der Waals surface area (Å²) in [5.74, 6) is 0. The van der Waals surface area contributed by atoms with Crippen LogP contribution in [0.25, 0.3) is 0 Å². The molecule has 0 aliphatic carbocycles. The minimum atomic E-state index is 0. The summed E-state index contributed by atoms with van der Waals surface area (Å²) < 4.78 is 0. The lowest BCUT2D eigenvalue weighted by atomic mass is 10.0. The largest absolute Gasteiger partial charge is 0.317 e. The molecule has 1 heterocycles. The van der Waals surface area contributed by atoms with E-state index in [-0.39, 0.29) is 12.4 Å². The minimum Gasteiger partial charge on any atom is -0.317 e. The molecule has 1 aliphatic rings. The van der Waals surface area contributed by atoms with Crippen molar-refractivity contribution in [1.82, 2.24) is 10.2 Å². The Kier molecular flexibility index (Phi) is 6.75. The van der Waals surface area contributed by atoms with Gasteiger partial charge in [0.25, 0.3) is 0 Å². The number of hydrogen-bond donors (Lipinski definition) is 1. The number of benzene rings is 1. The quantitative estimate of drug-likeness (QED) is 0.918. The Labute approximate surface area is 125 Å². The van der Waals surface area contributed by atoms with E-state index < -0.39 is 0 Å². The van der Waals surface area contributed by atoms with E-state index >= 15 is 0 Å². The molecule has 1 N–H and O–H groups in total. The molecule has 18 heavy (non-hydrogen) atoms. The summed E-state index contributed by atoms with van der Waals surface area (Å²) in [6.07, 6.45) is 2.41. The van der Waals surface area contributed by atoms with Gasteiger partial charge in [0.1, 0.15) is 0 Å². The topological polar surface area (TPSA) is 15.3 Å². The molecule has 1 saturated heterocycles. The maximum Gasteiger partial charge on any atom is 0.0637 e. The molecule has 2 rings (SSSR count). The number of nitrogens with one attached hydrogen (secondary N) is 1. The van der Waals surface area contributed by atoms with E-state index in [1.54, 1.807) is 0 Å². The molecule has 1 aromatic rings. The summed E-state index contributed by atoms with van der Waals surface area (Å²) in [5.41, 5.74) is 1.13. The number of rotatable bonds is 3. The lowest BCUT2D eigenvalue weighted by Crippen LogP contribution is -2.40. The summed E-state index contributed by atoms with van der Waals surface area (Å²) in [6.45, 7) is 3.14. The number of piperidine rings is 1. The van der Waals surface area contributed by atoms with Crippen molar-refractivity contribution in [2.45, 2.75) is 25.4 Å². The molecule has 0 bridgehead atoms. The van der Waals surface area contributed by atoms with Crippen LogP contribution >= 0.6 is 35.6 Å². The van der Waals surface area contributed by atoms with E-state index in [4.69, 9.17) is 23.2 Å². The van der Waals surface area contributed by atoms with Crippen LogP contribution in [-0.4, -0.2) is 31.1 Å². The first-order valence-electron chi connectivity index (χ1n) is 6.03. The predicted octanol–water partition coefficient (Wildman–Crippen LogP) is 3.60. The first kappa shape index (κ1) is 16.1. The van der Waals surface area contributed by atoms with E-state index in [1.807, 2.05) is 19.2 Å². The molecule has 0 unspecified atom stereocenters. The zero-order chi connectivity index (χ0) is 12.3. The predicted molar refractivity (Wildman–Crippen MR) is 81.1 cm³/mol. The average molecular weight is 310 g/mol. The fraction of sp³-hybridized carbons (Fsp3) is 0.538. The van der Waals surface area contributed by atoms with Crippen LogP contribution in [0.15, 0.2) is 18.2 Å². The maximum atomic E-state index is 6.20. The summed E-state index contributed by atoms with van der Waals surface area (Å²) in [7, 11) is 2.04. The fourth-order valence-corrected chi connectivity index (χ4v) is 2.67. The van der Waals surface area contributed by atoms with Crippen LogP contribution in [0.3, 0.4) is 0 Å². The summed E-state index contributed by atoms with van der Waals surface area (Å²) >= 11 is 12.2. The molecule has 0 amide bonds. The molecule has 0 radical (unpaired) electrons. The van der Waals surface area contributed by atoms with Crippen molar-refractivity contribution in [1.29, 1.82) is 0 Å². The monoisotopic (exact) mass is 308 g/mol. The van der Waals surface area contributed by atoms with E-state index in [9.17, 15) is 0 Å². The van der Waals surface area contributed by atoms with Gasteiger partial charge in [0.2, 0.25) is 0 Å². The van der Waals surface area contributed by atoms with Gasteiger partial charge in [-0.3, -0.25) is 4.90 Å². The number of hydrogen-bond acceptors (Lipinski definition) is 2. The third-order valence-electron chi connectivity index (χ3n) is 3.42. The van der Waals surface area contributed by atoms with Gasteiger partial charge in [-0.15, -0.1) is 12.4 Å². The Morgan fingerprint density at radius 1 is 1.28 bits per heavy atom. The van der Waals surface area contributed by atoms with Gasteiger partial charge >= 0.3 is 0 Å². The molecule has 0 spiro atoms. The van der Waals surface area contributed by atoms with Gasteiger partial charge < -0.3 is 5.32 Å². The van der Waals surface area contributed by atoms with Gasteiger partial charge in [-0.2, -0.15) is 0 Å². The van der Waals surface area contributed by atoms with Crippen LogP contribution in [0.2, 0.25) is 10.0 Å². The first-order chi connectivity index (χ1) is 8.20. The van der Waals surface area contributed by atoms with Gasteiger partial charge in [-0.1, -0.05) is 35.3 Å². The van der Waals surface area contributed by atoms with Crippen LogP contribution in [0.5, 0.6) is 0 Å². The molecular formula is C13H19Cl3N2. The minimum absolute atomic E-state index is 0. The van der Waals surface area contributed by atoms with Crippen LogP contribution < -0.4 is 5.32 Å². The maximum absolute atomic E-state index is 6.20. The molecular weight excluding hydrogens is 291 g/mol. The van der Waals surface area contributed by atoms with Crippen molar-refractivity contribution >= 4 is 35.6 Å². The standard InChI is InChI=1S/C13H18Cl2N2.ClH/c1-16-11-5-7-17(8-6-11)9-10-3-2-4-12(14)13(10)15;/h2-4,11,16H,5-9H2,1H3;1H. The Balaban J connectivity index is 0.00000162. The lowest BCUT2D eigenvalue weighted by molar-refractivity contribution is 0.194. The van der Waals surface area contributed by atoms with Crippen molar-refractivity contribution < 1.29 is 0 Å². The first-order valence-corrected chi connectivity index (χ1v) is 6.79. The second-order valence-electron chi connectivity index (χ2n) is 4.55. The molecule has 1 fully saturated rings. The highest BCUT2D eigenvalue weighted by molar-refractivity contribution is 6.42. The molecule has 2 nitrogen and oxygen atoms in total. The van der Waals surface area contributed by atoms with E-state index in [1.165, 1.54) is 12.8 Å². The van der Waals surface area contributed by atoms with Crippen LogP contribution in [0.4, 0.5) is 0 Å². The number of likely N-dealkylation sites (tertiary alicyclic amines) is 1.